The third-order valence-electron chi connectivity index (χ3n) is 7.11. The van der Waals surface area contributed by atoms with Crippen LogP contribution in [0.2, 0.25) is 10.0 Å². The van der Waals surface area contributed by atoms with Gasteiger partial charge in [0, 0.05) is 34.4 Å². The van der Waals surface area contributed by atoms with Gasteiger partial charge in [-0.3, -0.25) is 4.79 Å². The van der Waals surface area contributed by atoms with E-state index in [2.05, 4.69) is 23.3 Å². The Bertz CT molecular complexity index is 820. The average Bonchev–Trinajstić information content (AvgIpc) is 2.99. The number of nitrogens with zero attached hydrogens (tertiary/aromatic N) is 3. The van der Waals surface area contributed by atoms with Gasteiger partial charge in [-0.05, 0) is 49.3 Å². The Hall–Kier alpha value is -1.64. The molecule has 1 aromatic carbocycles. The number of anilines is 1. The van der Waals surface area contributed by atoms with Crippen molar-refractivity contribution in [2.45, 2.75) is 50.4 Å². The normalized spacial score (nSPS) is 38.7. The smallest absolute Gasteiger partial charge is 0.225 e. The molecule has 1 amide bonds. The van der Waals surface area contributed by atoms with E-state index in [-0.39, 0.29) is 23.9 Å². The van der Waals surface area contributed by atoms with Gasteiger partial charge in [0.2, 0.25) is 5.91 Å². The van der Waals surface area contributed by atoms with Crippen LogP contribution in [0.5, 0.6) is 0 Å². The Kier molecular flexibility index (Phi) is 4.00. The van der Waals surface area contributed by atoms with E-state index in [0.717, 1.165) is 24.9 Å². The first kappa shape index (κ1) is 17.5. The summed E-state index contributed by atoms with van der Waals surface area (Å²) in [7, 11) is 0. The second kappa shape index (κ2) is 6.18. The molecule has 4 fully saturated rings. The SMILES string of the molecule is C[C@H]1[C@@H]2[C@H]1N(c1cc(Cl)cc(Cl)c1)C[C@H]2C(=O)N[C@@H]1C[C@@H]2CC[C@H]1N2C#N. The summed E-state index contributed by atoms with van der Waals surface area (Å²) in [5.41, 5.74) is 0.998. The first-order valence-corrected chi connectivity index (χ1v) is 10.4. The van der Waals surface area contributed by atoms with Crippen LogP contribution in [0.25, 0.3) is 0 Å². The first-order valence-electron chi connectivity index (χ1n) is 9.69. The minimum atomic E-state index is -0.0163. The molecular weight excluding hydrogens is 383 g/mol. The molecule has 3 aliphatic heterocycles. The van der Waals surface area contributed by atoms with Crippen LogP contribution in [-0.2, 0) is 4.79 Å². The Morgan fingerprint density at radius 1 is 1.26 bits per heavy atom. The number of nitrogens with one attached hydrogen (secondary N) is 1. The van der Waals surface area contributed by atoms with E-state index in [9.17, 15) is 10.1 Å². The molecule has 1 N–H and O–H groups in total. The number of carbonyl (C=O) groups excluding carboxylic acids is 1. The average molecular weight is 405 g/mol. The van der Waals surface area contributed by atoms with Crippen molar-refractivity contribution in [3.8, 4) is 6.19 Å². The summed E-state index contributed by atoms with van der Waals surface area (Å²) in [5.74, 6) is 0.995. The lowest BCUT2D eigenvalue weighted by atomic mass is 9.94. The Morgan fingerprint density at radius 3 is 2.67 bits per heavy atom. The van der Waals surface area contributed by atoms with Crippen LogP contribution >= 0.6 is 23.2 Å². The van der Waals surface area contributed by atoms with E-state index in [4.69, 9.17) is 23.2 Å². The van der Waals surface area contributed by atoms with Crippen LogP contribution in [0.4, 0.5) is 5.69 Å². The van der Waals surface area contributed by atoms with Crippen LogP contribution < -0.4 is 10.2 Å². The van der Waals surface area contributed by atoms with Crippen LogP contribution in [0, 0.1) is 29.2 Å². The number of benzene rings is 1. The lowest BCUT2D eigenvalue weighted by Crippen LogP contribution is -2.47. The highest BCUT2D eigenvalue weighted by Crippen LogP contribution is 2.55. The Labute approximate surface area is 169 Å². The van der Waals surface area contributed by atoms with Crippen molar-refractivity contribution >= 4 is 34.8 Å². The number of hydrogen-bond donors (Lipinski definition) is 1. The molecule has 4 aliphatic rings. The van der Waals surface area contributed by atoms with E-state index in [1.54, 1.807) is 6.07 Å². The lowest BCUT2D eigenvalue weighted by molar-refractivity contribution is -0.126. The summed E-state index contributed by atoms with van der Waals surface area (Å²) in [5, 5.41) is 13.9. The molecule has 3 heterocycles. The molecule has 3 saturated heterocycles. The lowest BCUT2D eigenvalue weighted by Gasteiger charge is -2.27. The molecule has 5 nitrogen and oxygen atoms in total. The number of amides is 1. The fraction of sp³-hybridized carbons (Fsp3) is 0.600. The number of hydrogen-bond acceptors (Lipinski definition) is 4. The molecule has 1 aliphatic carbocycles. The molecular formula is C20H22Cl2N4O. The van der Waals surface area contributed by atoms with Gasteiger partial charge in [0.05, 0.1) is 18.0 Å². The summed E-state index contributed by atoms with van der Waals surface area (Å²) in [6.45, 7) is 2.91. The highest BCUT2D eigenvalue weighted by molar-refractivity contribution is 6.35. The van der Waals surface area contributed by atoms with Gasteiger partial charge in [-0.2, -0.15) is 5.26 Å². The van der Waals surface area contributed by atoms with Crippen molar-refractivity contribution < 1.29 is 4.79 Å². The second-order valence-electron chi connectivity index (χ2n) is 8.47. The third-order valence-corrected chi connectivity index (χ3v) is 7.55. The van der Waals surface area contributed by atoms with Crippen molar-refractivity contribution in [3.63, 3.8) is 0 Å². The third kappa shape index (κ3) is 2.68. The summed E-state index contributed by atoms with van der Waals surface area (Å²) < 4.78 is 0. The van der Waals surface area contributed by atoms with Crippen molar-refractivity contribution in [3.05, 3.63) is 28.2 Å². The summed E-state index contributed by atoms with van der Waals surface area (Å²) in [6.07, 6.45) is 5.28. The molecule has 27 heavy (non-hydrogen) atoms. The zero-order chi connectivity index (χ0) is 18.9. The van der Waals surface area contributed by atoms with Crippen LogP contribution in [0.15, 0.2) is 18.2 Å². The maximum absolute atomic E-state index is 13.1. The van der Waals surface area contributed by atoms with E-state index in [1.165, 1.54) is 0 Å². The van der Waals surface area contributed by atoms with Gasteiger partial charge in [-0.15, -0.1) is 0 Å². The molecule has 7 heteroatoms. The quantitative estimate of drug-likeness (QED) is 0.785. The molecule has 142 valence electrons. The maximum atomic E-state index is 13.1. The van der Waals surface area contributed by atoms with Gasteiger partial charge in [0.25, 0.3) is 0 Å². The molecule has 0 spiro atoms. The van der Waals surface area contributed by atoms with Gasteiger partial charge in [-0.1, -0.05) is 30.1 Å². The van der Waals surface area contributed by atoms with Crippen LogP contribution in [-0.4, -0.2) is 41.5 Å². The highest BCUT2D eigenvalue weighted by Gasteiger charge is 2.62. The minimum absolute atomic E-state index is 0.0163. The highest BCUT2D eigenvalue weighted by atomic mass is 35.5. The Balaban J connectivity index is 1.30. The standard InChI is InChI=1S/C20H22Cl2N4O/c1-10-18-15(8-25(19(10)18)14-5-11(21)4-12(22)6-14)20(27)24-16-7-13-2-3-17(16)26(13)9-23/h4-6,10,13,15-19H,2-3,7-8H2,1H3,(H,24,27)/t10-,13-,15+,16+,17+,18-,19-/m0/s1. The van der Waals surface area contributed by atoms with E-state index >= 15 is 0 Å². The number of halogens is 2. The summed E-state index contributed by atoms with van der Waals surface area (Å²) in [6, 6.07) is 6.57. The van der Waals surface area contributed by atoms with E-state index in [0.29, 0.717) is 40.5 Å². The van der Waals surface area contributed by atoms with Crippen molar-refractivity contribution in [2.24, 2.45) is 17.8 Å². The van der Waals surface area contributed by atoms with Crippen molar-refractivity contribution in [1.82, 2.24) is 10.2 Å². The number of carbonyl (C=O) groups is 1. The second-order valence-corrected chi connectivity index (χ2v) is 9.34. The Morgan fingerprint density at radius 2 is 2.00 bits per heavy atom. The molecule has 1 saturated carbocycles. The van der Waals surface area contributed by atoms with Gasteiger partial charge >= 0.3 is 0 Å². The molecule has 5 rings (SSSR count). The maximum Gasteiger partial charge on any atom is 0.225 e. The van der Waals surface area contributed by atoms with Crippen LogP contribution in [0.3, 0.4) is 0 Å². The fourth-order valence-electron chi connectivity index (χ4n) is 5.85. The predicted molar refractivity (Wildman–Crippen MR) is 105 cm³/mol. The summed E-state index contributed by atoms with van der Waals surface area (Å²) >= 11 is 12.4. The van der Waals surface area contributed by atoms with Gasteiger partial charge in [0.15, 0.2) is 6.19 Å². The molecule has 0 unspecified atom stereocenters. The number of nitriles is 1. The van der Waals surface area contributed by atoms with Crippen LogP contribution in [0.1, 0.15) is 26.2 Å². The largest absolute Gasteiger partial charge is 0.367 e. The zero-order valence-electron chi connectivity index (χ0n) is 15.1. The molecule has 2 bridgehead atoms. The predicted octanol–water partition coefficient (Wildman–Crippen LogP) is 3.27. The zero-order valence-corrected chi connectivity index (χ0v) is 16.6. The van der Waals surface area contributed by atoms with Crippen molar-refractivity contribution in [1.29, 1.82) is 5.26 Å². The molecule has 0 aromatic heterocycles. The topological polar surface area (TPSA) is 59.4 Å². The monoisotopic (exact) mass is 404 g/mol. The number of piperidine rings is 1. The number of fused-ring (bicyclic) bond motifs is 3. The van der Waals surface area contributed by atoms with Gasteiger partial charge in [0.1, 0.15) is 0 Å². The molecule has 0 radical (unpaired) electrons. The fourth-order valence-corrected chi connectivity index (χ4v) is 6.37. The summed E-state index contributed by atoms with van der Waals surface area (Å²) in [4.78, 5) is 17.3. The van der Waals surface area contributed by atoms with E-state index in [1.807, 2.05) is 17.0 Å². The van der Waals surface area contributed by atoms with Gasteiger partial charge < -0.3 is 15.1 Å². The van der Waals surface area contributed by atoms with E-state index < -0.39 is 0 Å². The van der Waals surface area contributed by atoms with Crippen molar-refractivity contribution in [2.75, 3.05) is 11.4 Å². The molecule has 7 atom stereocenters. The first-order chi connectivity index (χ1) is 13.0. The number of rotatable bonds is 3. The van der Waals surface area contributed by atoms with Gasteiger partial charge in [-0.25, -0.2) is 0 Å². The minimum Gasteiger partial charge on any atom is -0.367 e. The molecule has 1 aromatic rings.